The predicted octanol–water partition coefficient (Wildman–Crippen LogP) is 4.40. The molecule has 0 saturated heterocycles. The van der Waals surface area contributed by atoms with Gasteiger partial charge in [-0.3, -0.25) is 14.2 Å². The Bertz CT molecular complexity index is 1210. The molecule has 0 saturated carbocycles. The van der Waals surface area contributed by atoms with Crippen molar-refractivity contribution >= 4 is 17.2 Å². The molecule has 9 heteroatoms. The Balaban J connectivity index is 1.69. The van der Waals surface area contributed by atoms with Gasteiger partial charge in [0.15, 0.2) is 5.65 Å². The SMILES string of the molecule is Cc1ccc(N(C)C(=O)c2cn3c(-c4ccc(C(F)(F)F)cc4)cnc3cn2)cn1. The largest absolute Gasteiger partial charge is 0.416 e. The van der Waals surface area contributed by atoms with Crippen molar-refractivity contribution in [2.45, 2.75) is 13.1 Å². The number of halogens is 3. The zero-order chi connectivity index (χ0) is 21.5. The lowest BCUT2D eigenvalue weighted by molar-refractivity contribution is -0.137. The topological polar surface area (TPSA) is 63.4 Å². The third-order valence-electron chi connectivity index (χ3n) is 4.71. The van der Waals surface area contributed by atoms with E-state index >= 15 is 0 Å². The molecule has 0 atom stereocenters. The number of aryl methyl sites for hydroxylation is 1. The molecule has 0 bridgehead atoms. The number of hydrogen-bond donors (Lipinski definition) is 0. The van der Waals surface area contributed by atoms with Gasteiger partial charge in [-0.25, -0.2) is 9.97 Å². The second-order valence-electron chi connectivity index (χ2n) is 6.74. The molecule has 30 heavy (non-hydrogen) atoms. The summed E-state index contributed by atoms with van der Waals surface area (Å²) in [6, 6.07) is 8.36. The molecule has 0 aliphatic heterocycles. The summed E-state index contributed by atoms with van der Waals surface area (Å²) in [5.74, 6) is -0.352. The van der Waals surface area contributed by atoms with Crippen LogP contribution >= 0.6 is 0 Å². The third-order valence-corrected chi connectivity index (χ3v) is 4.71. The zero-order valence-electron chi connectivity index (χ0n) is 16.1. The van der Waals surface area contributed by atoms with Crippen LogP contribution in [0.2, 0.25) is 0 Å². The van der Waals surface area contributed by atoms with E-state index in [0.717, 1.165) is 17.8 Å². The first-order chi connectivity index (χ1) is 14.2. The van der Waals surface area contributed by atoms with Gasteiger partial charge in [-0.2, -0.15) is 13.2 Å². The number of amides is 1. The van der Waals surface area contributed by atoms with Gasteiger partial charge in [0, 0.05) is 24.5 Å². The molecule has 4 rings (SSSR count). The van der Waals surface area contributed by atoms with Gasteiger partial charge in [0.1, 0.15) is 5.69 Å². The van der Waals surface area contributed by atoms with Crippen molar-refractivity contribution in [3.8, 4) is 11.3 Å². The van der Waals surface area contributed by atoms with Gasteiger partial charge in [0.2, 0.25) is 0 Å². The molecule has 0 radical (unpaired) electrons. The van der Waals surface area contributed by atoms with E-state index in [1.807, 2.05) is 6.92 Å². The highest BCUT2D eigenvalue weighted by Crippen LogP contribution is 2.31. The Labute approximate surface area is 169 Å². The molecule has 0 N–H and O–H groups in total. The molecule has 6 nitrogen and oxygen atoms in total. The van der Waals surface area contributed by atoms with Crippen LogP contribution in [0.25, 0.3) is 16.9 Å². The van der Waals surface area contributed by atoms with Crippen molar-refractivity contribution in [1.82, 2.24) is 19.4 Å². The normalized spacial score (nSPS) is 11.6. The number of fused-ring (bicyclic) bond motifs is 1. The van der Waals surface area contributed by atoms with Crippen LogP contribution in [0.1, 0.15) is 21.7 Å². The smallest absolute Gasteiger partial charge is 0.309 e. The maximum absolute atomic E-state index is 12.9. The van der Waals surface area contributed by atoms with Gasteiger partial charge >= 0.3 is 6.18 Å². The highest BCUT2D eigenvalue weighted by atomic mass is 19.4. The summed E-state index contributed by atoms with van der Waals surface area (Å²) < 4.78 is 40.1. The van der Waals surface area contributed by atoms with Crippen molar-refractivity contribution in [3.05, 3.63) is 78.1 Å². The number of aromatic nitrogens is 4. The Morgan fingerprint density at radius 2 is 1.70 bits per heavy atom. The lowest BCUT2D eigenvalue weighted by atomic mass is 10.1. The van der Waals surface area contributed by atoms with Crippen LogP contribution in [-0.2, 0) is 6.18 Å². The first-order valence-electron chi connectivity index (χ1n) is 8.95. The molecular weight excluding hydrogens is 395 g/mol. The van der Waals surface area contributed by atoms with Crippen LogP contribution in [0.3, 0.4) is 0 Å². The minimum absolute atomic E-state index is 0.164. The summed E-state index contributed by atoms with van der Waals surface area (Å²) in [6.07, 6.45) is 1.69. The van der Waals surface area contributed by atoms with Gasteiger partial charge in [0.25, 0.3) is 5.91 Å². The number of imidazole rings is 1. The molecular formula is C21H16F3N5O. The van der Waals surface area contributed by atoms with Gasteiger partial charge < -0.3 is 4.90 Å². The average molecular weight is 411 g/mol. The predicted molar refractivity (Wildman–Crippen MR) is 105 cm³/mol. The third kappa shape index (κ3) is 3.61. The molecule has 1 amide bonds. The summed E-state index contributed by atoms with van der Waals surface area (Å²) in [4.78, 5) is 26.9. The Morgan fingerprint density at radius 1 is 0.967 bits per heavy atom. The van der Waals surface area contributed by atoms with Crippen molar-refractivity contribution in [2.24, 2.45) is 0 Å². The second-order valence-corrected chi connectivity index (χ2v) is 6.74. The summed E-state index contributed by atoms with van der Waals surface area (Å²) in [6.45, 7) is 1.85. The highest BCUT2D eigenvalue weighted by molar-refractivity contribution is 6.04. The van der Waals surface area contributed by atoms with E-state index in [4.69, 9.17) is 0 Å². The summed E-state index contributed by atoms with van der Waals surface area (Å²) in [7, 11) is 1.62. The summed E-state index contributed by atoms with van der Waals surface area (Å²) >= 11 is 0. The standard InChI is InChI=1S/C21H16F3N5O/c1-13-3-8-16(9-25-13)28(2)20(30)17-12-29-18(10-27-19(29)11-26-17)14-4-6-15(7-5-14)21(22,23)24/h3-12H,1-2H3. The van der Waals surface area contributed by atoms with Crippen LogP contribution in [0.4, 0.5) is 18.9 Å². The lowest BCUT2D eigenvalue weighted by Gasteiger charge is -2.16. The van der Waals surface area contributed by atoms with Crippen LogP contribution in [0, 0.1) is 6.92 Å². The van der Waals surface area contributed by atoms with E-state index in [1.54, 1.807) is 29.8 Å². The number of nitrogens with zero attached hydrogens (tertiary/aromatic N) is 5. The van der Waals surface area contributed by atoms with E-state index in [-0.39, 0.29) is 11.6 Å². The van der Waals surface area contributed by atoms with Crippen molar-refractivity contribution in [2.75, 3.05) is 11.9 Å². The molecule has 4 aromatic rings. The van der Waals surface area contributed by atoms with Gasteiger partial charge in [0.05, 0.1) is 35.5 Å². The van der Waals surface area contributed by atoms with E-state index in [1.165, 1.54) is 35.6 Å². The number of anilines is 1. The molecule has 0 aliphatic rings. The van der Waals surface area contributed by atoms with Crippen LogP contribution in [0.5, 0.6) is 0 Å². The summed E-state index contributed by atoms with van der Waals surface area (Å²) in [5, 5.41) is 0. The number of benzene rings is 1. The van der Waals surface area contributed by atoms with Crippen molar-refractivity contribution < 1.29 is 18.0 Å². The molecule has 152 valence electrons. The minimum atomic E-state index is -4.41. The number of hydrogen-bond acceptors (Lipinski definition) is 4. The van der Waals surface area contributed by atoms with Crippen LogP contribution < -0.4 is 4.90 Å². The first kappa shape index (κ1) is 19.6. The highest BCUT2D eigenvalue weighted by Gasteiger charge is 2.30. The average Bonchev–Trinajstić information content (AvgIpc) is 3.16. The maximum Gasteiger partial charge on any atom is 0.416 e. The van der Waals surface area contributed by atoms with Crippen LogP contribution in [0.15, 0.2) is 61.2 Å². The summed E-state index contributed by atoms with van der Waals surface area (Å²) in [5.41, 5.74) is 2.44. The number of rotatable bonds is 3. The first-order valence-corrected chi connectivity index (χ1v) is 8.95. The molecule has 3 aromatic heterocycles. The number of carbonyl (C=O) groups excluding carboxylic acids is 1. The fourth-order valence-electron chi connectivity index (χ4n) is 2.99. The Kier molecular flexibility index (Phi) is 4.73. The molecule has 0 fully saturated rings. The Hall–Kier alpha value is -3.75. The number of alkyl halides is 3. The minimum Gasteiger partial charge on any atom is -0.309 e. The zero-order valence-corrected chi connectivity index (χ0v) is 16.1. The van der Waals surface area contributed by atoms with Crippen molar-refractivity contribution in [1.29, 1.82) is 0 Å². The Morgan fingerprint density at radius 3 is 2.33 bits per heavy atom. The monoisotopic (exact) mass is 411 g/mol. The van der Waals surface area contributed by atoms with E-state index in [2.05, 4.69) is 15.0 Å². The van der Waals surface area contributed by atoms with Gasteiger partial charge in [-0.1, -0.05) is 12.1 Å². The van der Waals surface area contributed by atoms with E-state index < -0.39 is 11.7 Å². The quantitative estimate of drug-likeness (QED) is 0.502. The van der Waals surface area contributed by atoms with Gasteiger partial charge in [-0.05, 0) is 31.2 Å². The molecule has 0 unspecified atom stereocenters. The lowest BCUT2D eigenvalue weighted by Crippen LogP contribution is -2.27. The molecule has 1 aromatic carbocycles. The maximum atomic E-state index is 12.9. The number of pyridine rings is 1. The number of carbonyl (C=O) groups is 1. The molecule has 0 spiro atoms. The second kappa shape index (κ2) is 7.25. The molecule has 3 heterocycles. The fraction of sp³-hybridized carbons (Fsp3) is 0.143. The van der Waals surface area contributed by atoms with E-state index in [0.29, 0.717) is 22.6 Å². The fourth-order valence-corrected chi connectivity index (χ4v) is 2.99. The van der Waals surface area contributed by atoms with Crippen LogP contribution in [-0.4, -0.2) is 32.3 Å². The molecule has 0 aliphatic carbocycles. The van der Waals surface area contributed by atoms with E-state index in [9.17, 15) is 18.0 Å². The van der Waals surface area contributed by atoms with Gasteiger partial charge in [-0.15, -0.1) is 0 Å². The van der Waals surface area contributed by atoms with Crippen molar-refractivity contribution in [3.63, 3.8) is 0 Å².